The number of pyridine rings is 2. The van der Waals surface area contributed by atoms with Crippen LogP contribution in [0.15, 0.2) is 67.0 Å². The summed E-state index contributed by atoms with van der Waals surface area (Å²) in [6.07, 6.45) is 3.44. The highest BCUT2D eigenvalue weighted by Crippen LogP contribution is 2.29. The highest BCUT2D eigenvalue weighted by molar-refractivity contribution is 6.06. The van der Waals surface area contributed by atoms with Crippen LogP contribution in [0.25, 0.3) is 21.8 Å². The van der Waals surface area contributed by atoms with Crippen molar-refractivity contribution in [3.8, 4) is 0 Å². The largest absolute Gasteiger partial charge is 0.368 e. The maximum atomic E-state index is 12.7. The molecular weight excluding hydrogens is 388 g/mol. The first-order chi connectivity index (χ1) is 15.2. The summed E-state index contributed by atoms with van der Waals surface area (Å²) in [6.45, 7) is 4.01. The number of likely N-dealkylation sites (N-methyl/N-ethyl adjacent to an activating group) is 1. The topological polar surface area (TPSA) is 73.4 Å². The van der Waals surface area contributed by atoms with Crippen molar-refractivity contribution in [2.45, 2.75) is 0 Å². The number of hydrogen-bond donors (Lipinski definition) is 2. The molecule has 4 aromatic rings. The van der Waals surface area contributed by atoms with E-state index in [1.807, 2.05) is 48.5 Å². The summed E-state index contributed by atoms with van der Waals surface area (Å²) < 4.78 is 0. The lowest BCUT2D eigenvalue weighted by molar-refractivity contribution is 0.262. The van der Waals surface area contributed by atoms with E-state index in [1.54, 1.807) is 12.4 Å². The molecule has 7 heteroatoms. The molecule has 0 saturated carbocycles. The number of aromatic nitrogens is 2. The van der Waals surface area contributed by atoms with Crippen molar-refractivity contribution in [3.63, 3.8) is 0 Å². The van der Waals surface area contributed by atoms with Crippen molar-refractivity contribution in [1.82, 2.24) is 14.9 Å². The van der Waals surface area contributed by atoms with E-state index < -0.39 is 0 Å². The van der Waals surface area contributed by atoms with Crippen LogP contribution in [0, 0.1) is 0 Å². The Hall–Kier alpha value is -3.71. The van der Waals surface area contributed by atoms with E-state index >= 15 is 0 Å². The summed E-state index contributed by atoms with van der Waals surface area (Å²) in [7, 11) is 2.15. The zero-order chi connectivity index (χ0) is 21.2. The fourth-order valence-corrected chi connectivity index (χ4v) is 4.02. The van der Waals surface area contributed by atoms with E-state index in [0.29, 0.717) is 5.69 Å². The monoisotopic (exact) mass is 412 g/mol. The maximum absolute atomic E-state index is 12.7. The third-order valence-corrected chi connectivity index (χ3v) is 5.70. The molecule has 2 N–H and O–H groups in total. The number of anilines is 3. The Morgan fingerprint density at radius 1 is 0.871 bits per heavy atom. The first-order valence-electron chi connectivity index (χ1n) is 10.4. The minimum Gasteiger partial charge on any atom is -0.368 e. The van der Waals surface area contributed by atoms with E-state index in [2.05, 4.69) is 43.5 Å². The average molecular weight is 412 g/mol. The highest BCUT2D eigenvalue weighted by atomic mass is 16.2. The molecule has 0 bridgehead atoms. The van der Waals surface area contributed by atoms with Gasteiger partial charge >= 0.3 is 6.03 Å². The van der Waals surface area contributed by atoms with Crippen molar-refractivity contribution in [3.05, 3.63) is 67.0 Å². The number of benzene rings is 2. The Kier molecular flexibility index (Phi) is 5.09. The van der Waals surface area contributed by atoms with Crippen LogP contribution in [-0.4, -0.2) is 54.1 Å². The van der Waals surface area contributed by atoms with E-state index in [9.17, 15) is 4.79 Å². The van der Waals surface area contributed by atoms with Crippen LogP contribution in [-0.2, 0) is 0 Å². The Morgan fingerprint density at radius 2 is 1.65 bits per heavy atom. The Morgan fingerprint density at radius 3 is 2.48 bits per heavy atom. The molecule has 3 heterocycles. The van der Waals surface area contributed by atoms with Gasteiger partial charge in [0.05, 0.1) is 28.6 Å². The quantitative estimate of drug-likeness (QED) is 0.528. The number of nitrogens with one attached hydrogen (secondary N) is 2. The molecule has 7 nitrogen and oxygen atoms in total. The predicted octanol–water partition coefficient (Wildman–Crippen LogP) is 4.18. The fourth-order valence-electron chi connectivity index (χ4n) is 4.02. The molecule has 2 aromatic carbocycles. The van der Waals surface area contributed by atoms with Crippen molar-refractivity contribution < 1.29 is 4.79 Å². The number of urea groups is 1. The molecular formula is C24H24N6O. The number of carbonyl (C=O) groups excluding carboxylic acids is 1. The van der Waals surface area contributed by atoms with Crippen LogP contribution < -0.4 is 15.5 Å². The van der Waals surface area contributed by atoms with Crippen molar-refractivity contribution in [1.29, 1.82) is 0 Å². The molecule has 0 aliphatic carbocycles. The molecule has 1 saturated heterocycles. The van der Waals surface area contributed by atoms with Crippen LogP contribution >= 0.6 is 0 Å². The lowest BCUT2D eigenvalue weighted by Crippen LogP contribution is -2.44. The third-order valence-electron chi connectivity index (χ3n) is 5.70. The van der Waals surface area contributed by atoms with Gasteiger partial charge in [-0.25, -0.2) is 4.79 Å². The van der Waals surface area contributed by atoms with Gasteiger partial charge in [0.2, 0.25) is 0 Å². The highest BCUT2D eigenvalue weighted by Gasteiger charge is 2.17. The maximum Gasteiger partial charge on any atom is 0.323 e. The van der Waals surface area contributed by atoms with E-state index in [0.717, 1.165) is 59.4 Å². The number of nitrogens with zero attached hydrogens (tertiary/aromatic N) is 4. The van der Waals surface area contributed by atoms with Crippen LogP contribution in [0.3, 0.4) is 0 Å². The molecule has 0 radical (unpaired) electrons. The molecule has 0 atom stereocenters. The fraction of sp³-hybridized carbons (Fsp3) is 0.208. The van der Waals surface area contributed by atoms with Gasteiger partial charge in [-0.05, 0) is 49.5 Å². The van der Waals surface area contributed by atoms with E-state index in [1.165, 1.54) is 0 Å². The second-order valence-corrected chi connectivity index (χ2v) is 7.81. The van der Waals surface area contributed by atoms with Gasteiger partial charge in [0.15, 0.2) is 0 Å². The summed E-state index contributed by atoms with van der Waals surface area (Å²) in [5.74, 6) is 0. The van der Waals surface area contributed by atoms with Gasteiger partial charge in [0, 0.05) is 48.8 Å². The standard InChI is InChI=1S/C24H24N6O/c1-29-11-13-30(14-12-29)23-9-3-7-21-19(23)15-17(16-26-21)27-24(31)28-22-8-2-6-20-18(22)5-4-10-25-20/h2-10,15-16H,11-14H2,1H3,(H2,27,28,31). The van der Waals surface area contributed by atoms with Gasteiger partial charge in [0.1, 0.15) is 0 Å². The van der Waals surface area contributed by atoms with Crippen LogP contribution in [0.4, 0.5) is 21.9 Å². The van der Waals surface area contributed by atoms with E-state index in [4.69, 9.17) is 0 Å². The number of amides is 2. The number of hydrogen-bond acceptors (Lipinski definition) is 5. The van der Waals surface area contributed by atoms with Gasteiger partial charge in [-0.15, -0.1) is 0 Å². The second-order valence-electron chi connectivity index (χ2n) is 7.81. The number of piperazine rings is 1. The first kappa shape index (κ1) is 19.3. The van der Waals surface area contributed by atoms with Crippen molar-refractivity contribution in [2.24, 2.45) is 0 Å². The summed E-state index contributed by atoms with van der Waals surface area (Å²) in [4.78, 5) is 26.3. The lowest BCUT2D eigenvalue weighted by atomic mass is 10.1. The smallest absolute Gasteiger partial charge is 0.323 e. The normalized spacial score (nSPS) is 14.7. The number of rotatable bonds is 3. The van der Waals surface area contributed by atoms with Gasteiger partial charge in [-0.3, -0.25) is 9.97 Å². The minimum absolute atomic E-state index is 0.311. The zero-order valence-electron chi connectivity index (χ0n) is 17.4. The molecule has 156 valence electrons. The SMILES string of the molecule is CN1CCN(c2cccc3ncc(NC(=O)Nc4cccc5ncccc45)cc23)CC1. The van der Waals surface area contributed by atoms with Gasteiger partial charge in [0.25, 0.3) is 0 Å². The number of fused-ring (bicyclic) bond motifs is 2. The van der Waals surface area contributed by atoms with Crippen LogP contribution in [0.1, 0.15) is 0 Å². The summed E-state index contributed by atoms with van der Waals surface area (Å²) in [6, 6.07) is 17.3. The second kappa shape index (κ2) is 8.20. The molecule has 31 heavy (non-hydrogen) atoms. The van der Waals surface area contributed by atoms with Crippen molar-refractivity contribution in [2.75, 3.05) is 48.8 Å². The van der Waals surface area contributed by atoms with Crippen molar-refractivity contribution >= 4 is 44.9 Å². The molecule has 2 amide bonds. The molecule has 1 fully saturated rings. The average Bonchev–Trinajstić information content (AvgIpc) is 2.79. The van der Waals surface area contributed by atoms with E-state index in [-0.39, 0.29) is 6.03 Å². The third kappa shape index (κ3) is 4.00. The Labute approximate surface area is 180 Å². The molecule has 1 aliphatic rings. The first-order valence-corrected chi connectivity index (χ1v) is 10.4. The molecule has 0 unspecified atom stereocenters. The Balaban J connectivity index is 1.39. The summed E-state index contributed by atoms with van der Waals surface area (Å²) in [5, 5.41) is 7.79. The molecule has 5 rings (SSSR count). The number of carbonyl (C=O) groups is 1. The van der Waals surface area contributed by atoms with Crippen LogP contribution in [0.2, 0.25) is 0 Å². The predicted molar refractivity (Wildman–Crippen MR) is 126 cm³/mol. The van der Waals surface area contributed by atoms with Gasteiger partial charge < -0.3 is 20.4 Å². The molecule has 2 aromatic heterocycles. The summed E-state index contributed by atoms with van der Waals surface area (Å²) >= 11 is 0. The Bertz CT molecular complexity index is 1240. The summed E-state index contributed by atoms with van der Waals surface area (Å²) in [5.41, 5.74) is 4.29. The minimum atomic E-state index is -0.311. The molecule has 1 aliphatic heterocycles. The molecule has 0 spiro atoms. The zero-order valence-corrected chi connectivity index (χ0v) is 17.4. The van der Waals surface area contributed by atoms with Crippen LogP contribution in [0.5, 0.6) is 0 Å². The van der Waals surface area contributed by atoms with Gasteiger partial charge in [-0.2, -0.15) is 0 Å². The lowest BCUT2D eigenvalue weighted by Gasteiger charge is -2.34. The van der Waals surface area contributed by atoms with Gasteiger partial charge in [-0.1, -0.05) is 12.1 Å².